The Kier molecular flexibility index (Phi) is 7.52. The largest absolute Gasteiger partial charge is 0.309 e. The Balaban J connectivity index is 1.17. The zero-order valence-corrected chi connectivity index (χ0v) is 30.7. The normalized spacial score (nSPS) is 12.8. The lowest BCUT2D eigenvalue weighted by Crippen LogP contribution is -2.04. The molecule has 0 unspecified atom stereocenters. The van der Waals surface area contributed by atoms with Gasteiger partial charge in [0.05, 0.1) is 11.0 Å². The van der Waals surface area contributed by atoms with Gasteiger partial charge in [0.2, 0.25) is 0 Å². The summed E-state index contributed by atoms with van der Waals surface area (Å²) < 4.78 is 2.44. The van der Waals surface area contributed by atoms with Crippen molar-refractivity contribution >= 4 is 43.4 Å². The highest BCUT2D eigenvalue weighted by Crippen LogP contribution is 2.45. The third-order valence-electron chi connectivity index (χ3n) is 12.0. The molecule has 1 aliphatic carbocycles. The van der Waals surface area contributed by atoms with Crippen molar-refractivity contribution in [2.75, 3.05) is 0 Å². The number of rotatable bonds is 5. The first-order valence-corrected chi connectivity index (χ1v) is 19.6. The van der Waals surface area contributed by atoms with Crippen LogP contribution in [0.5, 0.6) is 0 Å². The third-order valence-corrected chi connectivity index (χ3v) is 12.0. The Morgan fingerprint density at radius 2 is 0.836 bits per heavy atom. The first kappa shape index (κ1) is 31.8. The maximum absolute atomic E-state index is 2.46. The van der Waals surface area contributed by atoms with Crippen molar-refractivity contribution in [1.29, 1.82) is 0 Å². The van der Waals surface area contributed by atoms with E-state index in [0.717, 1.165) is 6.42 Å². The van der Waals surface area contributed by atoms with E-state index in [1.54, 1.807) is 0 Å². The summed E-state index contributed by atoms with van der Waals surface area (Å²) in [6.07, 6.45) is 4.90. The predicted octanol–water partition coefficient (Wildman–Crippen LogP) is 14.6. The van der Waals surface area contributed by atoms with Crippen molar-refractivity contribution < 1.29 is 0 Å². The lowest BCUT2D eigenvalue weighted by atomic mass is 9.85. The summed E-state index contributed by atoms with van der Waals surface area (Å²) in [6.45, 7) is 0. The van der Waals surface area contributed by atoms with Crippen molar-refractivity contribution in [2.45, 2.75) is 25.7 Å². The number of aryl methyl sites for hydroxylation is 1. The summed E-state index contributed by atoms with van der Waals surface area (Å²) in [6, 6.07) is 69.8. The fraction of sp³-hybridized carbons (Fsp3) is 0.0741. The maximum Gasteiger partial charge on any atom is 0.0541 e. The Hall–Kier alpha value is -6.70. The second-order valence-electron chi connectivity index (χ2n) is 15.1. The molecule has 1 heteroatoms. The molecule has 10 aromatic rings. The Morgan fingerprint density at radius 1 is 0.327 bits per heavy atom. The molecule has 260 valence electrons. The van der Waals surface area contributed by atoms with Crippen molar-refractivity contribution in [3.8, 4) is 50.2 Å². The van der Waals surface area contributed by atoms with Crippen LogP contribution in [0.25, 0.3) is 93.5 Å². The van der Waals surface area contributed by atoms with Crippen molar-refractivity contribution in [3.63, 3.8) is 0 Å². The topological polar surface area (TPSA) is 4.93 Å². The van der Waals surface area contributed by atoms with Crippen molar-refractivity contribution in [1.82, 2.24) is 4.57 Å². The Morgan fingerprint density at radius 3 is 1.51 bits per heavy atom. The minimum absolute atomic E-state index is 1.16. The van der Waals surface area contributed by atoms with Crippen LogP contribution in [0.3, 0.4) is 0 Å². The first-order valence-electron chi connectivity index (χ1n) is 19.6. The molecular formula is C54H39N. The standard InChI is InChI=1S/C54H39N/c1-4-16-37(17-5-1)53-45-24-12-13-25-46(45)54(38-18-6-2-7-19-38)50-34-39(27-30-47(50)53)40-28-31-51-48(33-40)49-35-41(44-26-14-20-36-15-10-11-23-43(36)44)29-32-52(49)55(51)42-21-8-3-9-22-42/h1-9,12-14,16-22,24-35H,10-11,15,23H2. The molecule has 0 radical (unpaired) electrons. The van der Waals surface area contributed by atoms with E-state index in [0.29, 0.717) is 0 Å². The number of benzene rings is 9. The average molecular weight is 702 g/mol. The quantitative estimate of drug-likeness (QED) is 0.157. The molecule has 0 amide bonds. The monoisotopic (exact) mass is 701 g/mol. The predicted molar refractivity (Wildman–Crippen MR) is 234 cm³/mol. The number of aromatic nitrogens is 1. The molecule has 0 N–H and O–H groups in total. The molecule has 0 spiro atoms. The summed E-state index contributed by atoms with van der Waals surface area (Å²) in [4.78, 5) is 0. The van der Waals surface area contributed by atoms with Gasteiger partial charge in [-0.15, -0.1) is 0 Å². The van der Waals surface area contributed by atoms with Crippen LogP contribution in [0, 0.1) is 0 Å². The van der Waals surface area contributed by atoms with Crippen LogP contribution in [-0.2, 0) is 12.8 Å². The molecule has 1 heterocycles. The van der Waals surface area contributed by atoms with E-state index in [2.05, 4.69) is 193 Å². The van der Waals surface area contributed by atoms with Crippen LogP contribution in [0.15, 0.2) is 188 Å². The van der Waals surface area contributed by atoms with E-state index < -0.39 is 0 Å². The zero-order valence-electron chi connectivity index (χ0n) is 30.7. The second-order valence-corrected chi connectivity index (χ2v) is 15.1. The molecule has 1 aromatic heterocycles. The summed E-state index contributed by atoms with van der Waals surface area (Å²) in [5, 5.41) is 7.64. The van der Waals surface area contributed by atoms with Crippen molar-refractivity contribution in [2.24, 2.45) is 0 Å². The fourth-order valence-electron chi connectivity index (χ4n) is 9.47. The molecule has 0 saturated heterocycles. The lowest BCUT2D eigenvalue weighted by molar-refractivity contribution is 0.687. The van der Waals surface area contributed by atoms with Crippen LogP contribution >= 0.6 is 0 Å². The molecule has 1 aliphatic rings. The van der Waals surface area contributed by atoms with Crippen LogP contribution in [0.4, 0.5) is 0 Å². The SMILES string of the molecule is c1ccc(-c2c3ccccc3c(-c3ccccc3)c3cc(-c4ccc5c(c4)c4cc(-c6cccc7c6CCCC7)ccc4n5-c4ccccc4)ccc23)cc1. The van der Waals surface area contributed by atoms with Gasteiger partial charge in [-0.1, -0.05) is 146 Å². The minimum atomic E-state index is 1.16. The summed E-state index contributed by atoms with van der Waals surface area (Å²) in [7, 11) is 0. The fourth-order valence-corrected chi connectivity index (χ4v) is 9.47. The molecule has 0 saturated carbocycles. The number of hydrogen-bond acceptors (Lipinski definition) is 0. The molecule has 55 heavy (non-hydrogen) atoms. The Bertz CT molecular complexity index is 3060. The van der Waals surface area contributed by atoms with Gasteiger partial charge in [-0.3, -0.25) is 0 Å². The smallest absolute Gasteiger partial charge is 0.0541 e. The van der Waals surface area contributed by atoms with Gasteiger partial charge in [0.1, 0.15) is 0 Å². The van der Waals surface area contributed by atoms with Gasteiger partial charge in [0.25, 0.3) is 0 Å². The van der Waals surface area contributed by atoms with Crippen molar-refractivity contribution in [3.05, 3.63) is 199 Å². The number of fused-ring (bicyclic) bond motifs is 6. The molecule has 0 atom stereocenters. The molecule has 0 aliphatic heterocycles. The first-order chi connectivity index (χ1) is 27.3. The molecule has 9 aromatic carbocycles. The number of nitrogens with zero attached hydrogens (tertiary/aromatic N) is 1. The van der Waals surface area contributed by atoms with Gasteiger partial charge in [-0.2, -0.15) is 0 Å². The van der Waals surface area contributed by atoms with Crippen LogP contribution in [0.2, 0.25) is 0 Å². The molecular weight excluding hydrogens is 663 g/mol. The van der Waals surface area contributed by atoms with E-state index in [9.17, 15) is 0 Å². The minimum Gasteiger partial charge on any atom is -0.309 e. The van der Waals surface area contributed by atoms with Gasteiger partial charge >= 0.3 is 0 Å². The molecule has 0 fully saturated rings. The average Bonchev–Trinajstić information content (AvgIpc) is 3.59. The zero-order chi connectivity index (χ0) is 36.3. The number of hydrogen-bond donors (Lipinski definition) is 0. The third kappa shape index (κ3) is 5.22. The molecule has 11 rings (SSSR count). The number of para-hydroxylation sites is 1. The lowest BCUT2D eigenvalue weighted by Gasteiger charge is -2.19. The van der Waals surface area contributed by atoms with Gasteiger partial charge < -0.3 is 4.57 Å². The van der Waals surface area contributed by atoms with E-state index in [4.69, 9.17) is 0 Å². The molecule has 1 nitrogen and oxygen atoms in total. The van der Waals surface area contributed by atoms with Gasteiger partial charge in [0.15, 0.2) is 0 Å². The highest BCUT2D eigenvalue weighted by molar-refractivity contribution is 6.22. The van der Waals surface area contributed by atoms with E-state index in [-0.39, 0.29) is 0 Å². The van der Waals surface area contributed by atoms with Crippen LogP contribution < -0.4 is 0 Å². The highest BCUT2D eigenvalue weighted by Gasteiger charge is 2.20. The van der Waals surface area contributed by atoms with Gasteiger partial charge in [-0.25, -0.2) is 0 Å². The second kappa shape index (κ2) is 13.0. The summed E-state index contributed by atoms with van der Waals surface area (Å²) >= 11 is 0. The highest BCUT2D eigenvalue weighted by atomic mass is 15.0. The van der Waals surface area contributed by atoms with Crippen LogP contribution in [0.1, 0.15) is 24.0 Å². The van der Waals surface area contributed by atoms with Gasteiger partial charge in [0, 0.05) is 16.5 Å². The van der Waals surface area contributed by atoms with Crippen LogP contribution in [-0.4, -0.2) is 4.57 Å². The molecule has 0 bridgehead atoms. The van der Waals surface area contributed by atoms with E-state index in [1.807, 2.05) is 0 Å². The van der Waals surface area contributed by atoms with E-state index in [1.165, 1.54) is 124 Å². The summed E-state index contributed by atoms with van der Waals surface area (Å²) in [5.74, 6) is 0. The Labute approximate surface area is 321 Å². The van der Waals surface area contributed by atoms with Gasteiger partial charge in [-0.05, 0) is 145 Å². The summed E-state index contributed by atoms with van der Waals surface area (Å²) in [5.41, 5.74) is 16.9. The maximum atomic E-state index is 2.46. The van der Waals surface area contributed by atoms with E-state index >= 15 is 0 Å².